The first-order chi connectivity index (χ1) is 21.1. The summed E-state index contributed by atoms with van der Waals surface area (Å²) in [5.41, 5.74) is 7.17. The molecule has 4 atom stereocenters. The van der Waals surface area contributed by atoms with E-state index in [1.165, 1.54) is 16.7 Å². The lowest BCUT2D eigenvalue weighted by Crippen LogP contribution is -2.62. The molecule has 8 rings (SSSR count). The number of carbonyl (C=O) groups excluding carboxylic acids is 2. The lowest BCUT2D eigenvalue weighted by Gasteiger charge is -2.60. The van der Waals surface area contributed by atoms with E-state index in [1.54, 1.807) is 7.11 Å². The van der Waals surface area contributed by atoms with Crippen LogP contribution in [0.5, 0.6) is 5.75 Å². The SMILES string of the molecule is COc1ccccc1CC(=O)N1CC2C3(c4ccccc4)CCC(c4ccccc43)C2(C(=O)NOCc2ccccc2)C1. The number of rotatable bonds is 8. The Bertz CT molecular complexity index is 1640. The highest BCUT2D eigenvalue weighted by Gasteiger charge is 2.70. The minimum absolute atomic E-state index is 0.00273. The normalized spacial score (nSPS) is 25.1. The van der Waals surface area contributed by atoms with Crippen LogP contribution in [0.4, 0.5) is 0 Å². The molecule has 4 aliphatic rings. The number of nitrogens with one attached hydrogen (secondary N) is 1. The molecular formula is C37H36N2O4. The Kier molecular flexibility index (Phi) is 7.02. The average molecular weight is 573 g/mol. The Morgan fingerprint density at radius 3 is 2.37 bits per heavy atom. The molecule has 1 saturated heterocycles. The Morgan fingerprint density at radius 1 is 0.884 bits per heavy atom. The zero-order valence-corrected chi connectivity index (χ0v) is 24.4. The smallest absolute Gasteiger partial charge is 0.252 e. The Labute approximate surface area is 252 Å². The van der Waals surface area contributed by atoms with Gasteiger partial charge in [0.05, 0.1) is 25.6 Å². The summed E-state index contributed by atoms with van der Waals surface area (Å²) in [6.07, 6.45) is 2.01. The van der Waals surface area contributed by atoms with Gasteiger partial charge in [-0.3, -0.25) is 14.4 Å². The molecule has 218 valence electrons. The van der Waals surface area contributed by atoms with Gasteiger partial charge >= 0.3 is 0 Å². The molecule has 2 fully saturated rings. The van der Waals surface area contributed by atoms with Gasteiger partial charge in [0.15, 0.2) is 0 Å². The van der Waals surface area contributed by atoms with Crippen molar-refractivity contribution < 1.29 is 19.2 Å². The number of amides is 2. The summed E-state index contributed by atoms with van der Waals surface area (Å²) in [6.45, 7) is 1.12. The van der Waals surface area contributed by atoms with Gasteiger partial charge in [-0.05, 0) is 41.2 Å². The molecular weight excluding hydrogens is 536 g/mol. The fourth-order valence-electron chi connectivity index (χ4n) is 8.38. The van der Waals surface area contributed by atoms with Crippen molar-refractivity contribution in [2.24, 2.45) is 11.3 Å². The first-order valence-corrected chi connectivity index (χ1v) is 15.1. The molecule has 6 heteroatoms. The molecule has 6 nitrogen and oxygen atoms in total. The molecule has 3 aliphatic carbocycles. The number of fused-ring (bicyclic) bond motifs is 1. The van der Waals surface area contributed by atoms with E-state index < -0.39 is 10.8 Å². The van der Waals surface area contributed by atoms with E-state index >= 15 is 0 Å². The first kappa shape index (κ1) is 27.4. The fraction of sp³-hybridized carbons (Fsp3) is 0.297. The molecule has 43 heavy (non-hydrogen) atoms. The van der Waals surface area contributed by atoms with Gasteiger partial charge in [0.25, 0.3) is 5.91 Å². The van der Waals surface area contributed by atoms with Crippen LogP contribution < -0.4 is 10.2 Å². The van der Waals surface area contributed by atoms with E-state index in [4.69, 9.17) is 9.57 Å². The van der Waals surface area contributed by atoms with Crippen LogP contribution in [-0.2, 0) is 32.9 Å². The average Bonchev–Trinajstić information content (AvgIpc) is 3.50. The third kappa shape index (κ3) is 4.35. The molecule has 4 aromatic rings. The maximum absolute atomic E-state index is 14.6. The number of ether oxygens (including phenoxy) is 1. The van der Waals surface area contributed by atoms with Gasteiger partial charge < -0.3 is 9.64 Å². The van der Waals surface area contributed by atoms with Crippen molar-refractivity contribution in [2.45, 2.75) is 37.2 Å². The summed E-state index contributed by atoms with van der Waals surface area (Å²) < 4.78 is 5.55. The topological polar surface area (TPSA) is 67.9 Å². The summed E-state index contributed by atoms with van der Waals surface area (Å²) in [7, 11) is 1.63. The lowest BCUT2D eigenvalue weighted by atomic mass is 9.42. The summed E-state index contributed by atoms with van der Waals surface area (Å²) >= 11 is 0. The van der Waals surface area contributed by atoms with E-state index in [0.717, 1.165) is 24.0 Å². The number of hydroxylamine groups is 1. The highest BCUT2D eigenvalue weighted by atomic mass is 16.6. The van der Waals surface area contributed by atoms with Gasteiger partial charge in [-0.1, -0.05) is 103 Å². The van der Waals surface area contributed by atoms with Crippen LogP contribution >= 0.6 is 0 Å². The Balaban J connectivity index is 1.29. The second kappa shape index (κ2) is 11.0. The van der Waals surface area contributed by atoms with Crippen LogP contribution in [0, 0.1) is 11.3 Å². The number of likely N-dealkylation sites (tertiary alicyclic amines) is 1. The van der Waals surface area contributed by atoms with Crippen molar-refractivity contribution >= 4 is 11.8 Å². The molecule has 1 heterocycles. The zero-order valence-electron chi connectivity index (χ0n) is 24.4. The maximum Gasteiger partial charge on any atom is 0.252 e. The Hall–Kier alpha value is -4.42. The van der Waals surface area contributed by atoms with Gasteiger partial charge in [-0.2, -0.15) is 0 Å². The zero-order chi connectivity index (χ0) is 29.4. The maximum atomic E-state index is 14.6. The van der Waals surface area contributed by atoms with E-state index in [2.05, 4.69) is 54.0 Å². The molecule has 1 saturated carbocycles. The summed E-state index contributed by atoms with van der Waals surface area (Å²) in [6, 6.07) is 36.7. The van der Waals surface area contributed by atoms with Crippen LogP contribution in [-0.4, -0.2) is 36.9 Å². The molecule has 0 spiro atoms. The number of para-hydroxylation sites is 1. The highest BCUT2D eigenvalue weighted by Crippen LogP contribution is 2.68. The minimum atomic E-state index is -0.838. The van der Waals surface area contributed by atoms with Crippen molar-refractivity contribution in [3.63, 3.8) is 0 Å². The molecule has 1 aliphatic heterocycles. The van der Waals surface area contributed by atoms with Gasteiger partial charge in [-0.25, -0.2) is 5.48 Å². The highest BCUT2D eigenvalue weighted by molar-refractivity contribution is 5.89. The van der Waals surface area contributed by atoms with Gasteiger partial charge in [0.2, 0.25) is 5.91 Å². The number of hydrogen-bond donors (Lipinski definition) is 1. The van der Waals surface area contributed by atoms with Crippen LogP contribution in [0.1, 0.15) is 46.6 Å². The van der Waals surface area contributed by atoms with Crippen LogP contribution in [0.15, 0.2) is 109 Å². The van der Waals surface area contributed by atoms with Crippen molar-refractivity contribution in [1.29, 1.82) is 0 Å². The van der Waals surface area contributed by atoms with Crippen molar-refractivity contribution in [3.05, 3.63) is 137 Å². The fourth-order valence-corrected chi connectivity index (χ4v) is 8.38. The van der Waals surface area contributed by atoms with Gasteiger partial charge in [-0.15, -0.1) is 0 Å². The number of nitrogens with zero attached hydrogens (tertiary/aromatic N) is 1. The number of hydrogen-bond acceptors (Lipinski definition) is 4. The lowest BCUT2D eigenvalue weighted by molar-refractivity contribution is -0.153. The van der Waals surface area contributed by atoms with Crippen molar-refractivity contribution in [1.82, 2.24) is 10.4 Å². The molecule has 2 amide bonds. The summed E-state index contributed by atoms with van der Waals surface area (Å²) in [4.78, 5) is 36.4. The van der Waals surface area contributed by atoms with Crippen LogP contribution in [0.3, 0.4) is 0 Å². The molecule has 4 aromatic carbocycles. The van der Waals surface area contributed by atoms with E-state index in [0.29, 0.717) is 18.8 Å². The first-order valence-electron chi connectivity index (χ1n) is 15.1. The second-order valence-electron chi connectivity index (χ2n) is 12.1. The standard InChI is InChI=1S/C37H36N2O4/c1-42-32-19-11-8-14-27(32)22-34(40)39-23-33-36(28-15-6-3-7-16-28)21-20-31(29-17-9-10-18-30(29)36)37(33,25-39)35(41)38-43-24-26-12-4-2-5-13-26/h2-19,31,33H,20-25H2,1H3,(H,38,41). The Morgan fingerprint density at radius 2 is 1.58 bits per heavy atom. The van der Waals surface area contributed by atoms with Gasteiger partial charge in [0.1, 0.15) is 5.75 Å². The summed E-state index contributed by atoms with van der Waals surface area (Å²) in [5, 5.41) is 0. The number of carbonyl (C=O) groups is 2. The predicted octanol–water partition coefficient (Wildman–Crippen LogP) is 5.81. The van der Waals surface area contributed by atoms with Crippen LogP contribution in [0.2, 0.25) is 0 Å². The molecule has 0 aromatic heterocycles. The second-order valence-corrected chi connectivity index (χ2v) is 12.1. The third-order valence-corrected chi connectivity index (χ3v) is 10.2. The van der Waals surface area contributed by atoms with Gasteiger partial charge in [0, 0.05) is 35.9 Å². The minimum Gasteiger partial charge on any atom is -0.496 e. The number of benzene rings is 4. The van der Waals surface area contributed by atoms with Crippen molar-refractivity contribution in [3.8, 4) is 5.75 Å². The molecule has 0 radical (unpaired) electrons. The van der Waals surface area contributed by atoms with Crippen molar-refractivity contribution in [2.75, 3.05) is 20.2 Å². The van der Waals surface area contributed by atoms with E-state index in [1.807, 2.05) is 65.6 Å². The molecule has 4 unspecified atom stereocenters. The van der Waals surface area contributed by atoms with E-state index in [9.17, 15) is 9.59 Å². The largest absolute Gasteiger partial charge is 0.496 e. The third-order valence-electron chi connectivity index (χ3n) is 10.2. The number of methoxy groups -OCH3 is 1. The monoisotopic (exact) mass is 572 g/mol. The quantitative estimate of drug-likeness (QED) is 0.271. The predicted molar refractivity (Wildman–Crippen MR) is 164 cm³/mol. The van der Waals surface area contributed by atoms with E-state index in [-0.39, 0.29) is 36.7 Å². The van der Waals surface area contributed by atoms with Crippen LogP contribution in [0.25, 0.3) is 0 Å². The molecule has 2 bridgehead atoms. The molecule has 1 N–H and O–H groups in total. The summed E-state index contributed by atoms with van der Waals surface area (Å²) in [5.74, 6) is 0.424.